The van der Waals surface area contributed by atoms with Crippen LogP contribution in [0, 0.1) is 5.82 Å². The van der Waals surface area contributed by atoms with Crippen molar-refractivity contribution in [3.8, 4) is 5.75 Å². The summed E-state index contributed by atoms with van der Waals surface area (Å²) in [5.74, 6) is -0.214. The van der Waals surface area contributed by atoms with Gasteiger partial charge in [0.15, 0.2) is 0 Å². The van der Waals surface area contributed by atoms with Crippen molar-refractivity contribution in [1.82, 2.24) is 10.2 Å². The molecule has 0 spiro atoms. The van der Waals surface area contributed by atoms with Gasteiger partial charge in [-0.05, 0) is 31.0 Å². The molecule has 0 unspecified atom stereocenters. The van der Waals surface area contributed by atoms with Crippen LogP contribution in [0.15, 0.2) is 18.2 Å². The summed E-state index contributed by atoms with van der Waals surface area (Å²) in [6.07, 6.45) is 2.79. The number of carbonyl (C=O) groups excluding carboxylic acids is 2. The number of hydrogen-bond acceptors (Lipinski definition) is 3. The summed E-state index contributed by atoms with van der Waals surface area (Å²) in [6, 6.07) is 3.64. The van der Waals surface area contributed by atoms with Gasteiger partial charge in [0.25, 0.3) is 5.91 Å². The topological polar surface area (TPSA) is 58.6 Å². The molecule has 1 N–H and O–H groups in total. The Morgan fingerprint density at radius 2 is 1.87 bits per heavy atom. The third-order valence-corrected chi connectivity index (χ3v) is 4.17. The Morgan fingerprint density at radius 1 is 1.22 bits per heavy atom. The van der Waals surface area contributed by atoms with Crippen LogP contribution in [0.2, 0.25) is 0 Å². The first-order chi connectivity index (χ1) is 11.0. The molecule has 1 aromatic carbocycles. The fraction of sp³-hybridized carbons (Fsp3) is 0.529. The molecule has 0 bridgehead atoms. The first-order valence-corrected chi connectivity index (χ1v) is 7.94. The van der Waals surface area contributed by atoms with Gasteiger partial charge in [0.1, 0.15) is 17.1 Å². The average Bonchev–Trinajstić information content (AvgIpc) is 2.73. The Labute approximate surface area is 135 Å². The molecule has 0 aromatic heterocycles. The highest BCUT2D eigenvalue weighted by Crippen LogP contribution is 2.30. The highest BCUT2D eigenvalue weighted by Gasteiger charge is 2.49. The Morgan fingerprint density at radius 3 is 2.43 bits per heavy atom. The predicted octanol–water partition coefficient (Wildman–Crippen LogP) is 3.23. The van der Waals surface area contributed by atoms with Gasteiger partial charge in [-0.1, -0.05) is 26.7 Å². The number of ether oxygens (including phenoxy) is 1. The van der Waals surface area contributed by atoms with Crippen LogP contribution in [0.5, 0.6) is 5.75 Å². The van der Waals surface area contributed by atoms with Gasteiger partial charge in [-0.3, -0.25) is 9.69 Å². The summed E-state index contributed by atoms with van der Waals surface area (Å²) in [4.78, 5) is 26.3. The average molecular weight is 322 g/mol. The Kier molecular flexibility index (Phi) is 5.23. The van der Waals surface area contributed by atoms with Gasteiger partial charge in [0, 0.05) is 5.56 Å². The SMILES string of the molecule is CCCC1(CCC)NC(=O)N(Cc2cc(F)ccc2OC)C1=O. The molecule has 1 fully saturated rings. The number of rotatable bonds is 7. The van der Waals surface area contributed by atoms with E-state index in [4.69, 9.17) is 4.74 Å². The maximum atomic E-state index is 13.5. The van der Waals surface area contributed by atoms with E-state index in [9.17, 15) is 14.0 Å². The van der Waals surface area contributed by atoms with Crippen molar-refractivity contribution in [1.29, 1.82) is 0 Å². The minimum atomic E-state index is -0.832. The molecule has 0 radical (unpaired) electrons. The molecule has 0 aliphatic carbocycles. The van der Waals surface area contributed by atoms with Crippen LogP contribution >= 0.6 is 0 Å². The van der Waals surface area contributed by atoms with Crippen LogP contribution in [0.4, 0.5) is 9.18 Å². The van der Waals surface area contributed by atoms with E-state index in [1.165, 1.54) is 25.3 Å². The van der Waals surface area contributed by atoms with Crippen molar-refractivity contribution in [3.63, 3.8) is 0 Å². The maximum absolute atomic E-state index is 13.5. The monoisotopic (exact) mass is 322 g/mol. The molecule has 3 amide bonds. The molecular weight excluding hydrogens is 299 g/mol. The number of hydrogen-bond donors (Lipinski definition) is 1. The zero-order valence-corrected chi connectivity index (χ0v) is 13.8. The summed E-state index contributed by atoms with van der Waals surface area (Å²) in [7, 11) is 1.47. The molecule has 126 valence electrons. The first kappa shape index (κ1) is 17.2. The van der Waals surface area contributed by atoms with Crippen molar-refractivity contribution in [3.05, 3.63) is 29.6 Å². The zero-order valence-electron chi connectivity index (χ0n) is 13.8. The van der Waals surface area contributed by atoms with Crippen molar-refractivity contribution in [2.45, 2.75) is 51.6 Å². The molecule has 1 aromatic rings. The van der Waals surface area contributed by atoms with Gasteiger partial charge in [0.05, 0.1) is 13.7 Å². The van der Waals surface area contributed by atoms with E-state index >= 15 is 0 Å². The van der Waals surface area contributed by atoms with E-state index in [1.54, 1.807) is 0 Å². The highest BCUT2D eigenvalue weighted by atomic mass is 19.1. The number of amides is 3. The summed E-state index contributed by atoms with van der Waals surface area (Å²) in [5.41, 5.74) is -0.360. The van der Waals surface area contributed by atoms with Crippen molar-refractivity contribution in [2.24, 2.45) is 0 Å². The van der Waals surface area contributed by atoms with Crippen molar-refractivity contribution in [2.75, 3.05) is 7.11 Å². The quantitative estimate of drug-likeness (QED) is 0.784. The van der Waals surface area contributed by atoms with Gasteiger partial charge in [-0.15, -0.1) is 0 Å². The van der Waals surface area contributed by atoms with Crippen LogP contribution in [-0.2, 0) is 11.3 Å². The lowest BCUT2D eigenvalue weighted by Gasteiger charge is -2.25. The van der Waals surface area contributed by atoms with Gasteiger partial charge in [0.2, 0.25) is 0 Å². The second-order valence-corrected chi connectivity index (χ2v) is 5.86. The normalized spacial score (nSPS) is 16.6. The van der Waals surface area contributed by atoms with Crippen molar-refractivity contribution < 1.29 is 18.7 Å². The predicted molar refractivity (Wildman–Crippen MR) is 84.6 cm³/mol. The van der Waals surface area contributed by atoms with Crippen LogP contribution < -0.4 is 10.1 Å². The van der Waals surface area contributed by atoms with E-state index in [1.807, 2.05) is 13.8 Å². The minimum absolute atomic E-state index is 0.000772. The lowest BCUT2D eigenvalue weighted by atomic mass is 9.88. The van der Waals surface area contributed by atoms with Crippen LogP contribution in [-0.4, -0.2) is 29.5 Å². The lowest BCUT2D eigenvalue weighted by molar-refractivity contribution is -0.132. The minimum Gasteiger partial charge on any atom is -0.496 e. The Balaban J connectivity index is 2.29. The van der Waals surface area contributed by atoms with Gasteiger partial charge < -0.3 is 10.1 Å². The van der Waals surface area contributed by atoms with E-state index in [-0.39, 0.29) is 12.5 Å². The van der Waals surface area contributed by atoms with Gasteiger partial charge >= 0.3 is 6.03 Å². The molecule has 1 heterocycles. The number of nitrogens with zero attached hydrogens (tertiary/aromatic N) is 1. The molecule has 2 rings (SSSR count). The van der Waals surface area contributed by atoms with Gasteiger partial charge in [-0.2, -0.15) is 0 Å². The highest BCUT2D eigenvalue weighted by molar-refractivity contribution is 6.07. The summed E-state index contributed by atoms with van der Waals surface area (Å²) in [6.45, 7) is 3.96. The molecule has 6 heteroatoms. The van der Waals surface area contributed by atoms with E-state index in [2.05, 4.69) is 5.32 Å². The molecular formula is C17H23FN2O3. The third-order valence-electron chi connectivity index (χ3n) is 4.17. The summed E-state index contributed by atoms with van der Waals surface area (Å²) >= 11 is 0. The molecule has 0 atom stereocenters. The molecule has 23 heavy (non-hydrogen) atoms. The number of methoxy groups -OCH3 is 1. The number of benzene rings is 1. The van der Waals surface area contributed by atoms with Crippen LogP contribution in [0.25, 0.3) is 0 Å². The van der Waals surface area contributed by atoms with Crippen molar-refractivity contribution >= 4 is 11.9 Å². The van der Waals surface area contributed by atoms with E-state index in [0.29, 0.717) is 24.2 Å². The van der Waals surface area contributed by atoms with Crippen LogP contribution in [0.3, 0.4) is 0 Å². The smallest absolute Gasteiger partial charge is 0.325 e. The molecule has 1 aliphatic rings. The summed E-state index contributed by atoms with van der Waals surface area (Å²) < 4.78 is 18.7. The molecule has 5 nitrogen and oxygen atoms in total. The number of nitrogens with one attached hydrogen (secondary N) is 1. The lowest BCUT2D eigenvalue weighted by Crippen LogP contribution is -2.46. The van der Waals surface area contributed by atoms with E-state index < -0.39 is 17.4 Å². The largest absolute Gasteiger partial charge is 0.496 e. The summed E-state index contributed by atoms with van der Waals surface area (Å²) in [5, 5.41) is 2.84. The van der Waals surface area contributed by atoms with Gasteiger partial charge in [-0.25, -0.2) is 9.18 Å². The number of imide groups is 1. The first-order valence-electron chi connectivity index (χ1n) is 7.94. The third kappa shape index (κ3) is 3.30. The second-order valence-electron chi connectivity index (χ2n) is 5.86. The number of halogens is 1. The standard InChI is InChI=1S/C17H23FN2O3/c1-4-8-17(9-5-2)15(21)20(16(22)19-17)11-12-10-13(18)6-7-14(12)23-3/h6-7,10H,4-5,8-9,11H2,1-3H3,(H,19,22). The Bertz CT molecular complexity index is 598. The molecule has 1 aliphatic heterocycles. The fourth-order valence-electron chi connectivity index (χ4n) is 3.18. The molecule has 0 saturated carbocycles. The maximum Gasteiger partial charge on any atom is 0.325 e. The number of carbonyl (C=O) groups is 2. The fourth-order valence-corrected chi connectivity index (χ4v) is 3.18. The molecule has 1 saturated heterocycles. The second kappa shape index (κ2) is 6.98. The van der Waals surface area contributed by atoms with Crippen LogP contribution in [0.1, 0.15) is 45.1 Å². The van der Waals surface area contributed by atoms with E-state index in [0.717, 1.165) is 17.7 Å². The Hall–Kier alpha value is -2.11. The number of urea groups is 1. The zero-order chi connectivity index (χ0) is 17.0.